The van der Waals surface area contributed by atoms with Crippen molar-refractivity contribution in [1.29, 1.82) is 0 Å². The molecule has 126 valence electrons. The van der Waals surface area contributed by atoms with Crippen molar-refractivity contribution >= 4 is 28.1 Å². The maximum absolute atomic E-state index is 12.2. The molecule has 0 aliphatic carbocycles. The van der Waals surface area contributed by atoms with Gasteiger partial charge in [0.15, 0.2) is 0 Å². The summed E-state index contributed by atoms with van der Waals surface area (Å²) >= 11 is 3.40. The van der Waals surface area contributed by atoms with Gasteiger partial charge in [-0.1, -0.05) is 12.1 Å². The quantitative estimate of drug-likeness (QED) is 0.605. The van der Waals surface area contributed by atoms with Crippen LogP contribution in [0.4, 0.5) is 0 Å². The fourth-order valence-electron chi connectivity index (χ4n) is 2.04. The van der Waals surface area contributed by atoms with Crippen molar-refractivity contribution in [2.75, 3.05) is 21.3 Å². The van der Waals surface area contributed by atoms with Gasteiger partial charge in [-0.25, -0.2) is 5.43 Å². The van der Waals surface area contributed by atoms with Crippen molar-refractivity contribution in [3.63, 3.8) is 0 Å². The molecule has 2 rings (SSSR count). The van der Waals surface area contributed by atoms with E-state index in [9.17, 15) is 4.79 Å². The van der Waals surface area contributed by atoms with Crippen LogP contribution in [0.2, 0.25) is 0 Å². The fraction of sp³-hybridized carbons (Fsp3) is 0.176. The molecular weight excluding hydrogens is 376 g/mol. The zero-order chi connectivity index (χ0) is 17.5. The number of amides is 1. The lowest BCUT2D eigenvalue weighted by molar-refractivity contribution is 0.0952. The van der Waals surface area contributed by atoms with Crippen molar-refractivity contribution in [2.24, 2.45) is 5.10 Å². The van der Waals surface area contributed by atoms with Crippen LogP contribution in [0.1, 0.15) is 15.9 Å². The minimum absolute atomic E-state index is 0.366. The van der Waals surface area contributed by atoms with Crippen molar-refractivity contribution in [3.05, 3.63) is 52.0 Å². The molecular formula is C17H17BrN2O4. The summed E-state index contributed by atoms with van der Waals surface area (Å²) in [7, 11) is 4.63. The van der Waals surface area contributed by atoms with Crippen molar-refractivity contribution in [2.45, 2.75) is 0 Å². The van der Waals surface area contributed by atoms with Gasteiger partial charge >= 0.3 is 0 Å². The van der Waals surface area contributed by atoms with Crippen LogP contribution in [0.25, 0.3) is 0 Å². The number of rotatable bonds is 6. The zero-order valence-corrected chi connectivity index (χ0v) is 15.1. The number of nitrogens with zero attached hydrogens (tertiary/aromatic N) is 1. The smallest absolute Gasteiger partial charge is 0.275 e. The van der Waals surface area contributed by atoms with E-state index in [-0.39, 0.29) is 5.91 Å². The fourth-order valence-corrected chi connectivity index (χ4v) is 2.56. The number of carbonyl (C=O) groups excluding carboxylic acids is 1. The predicted molar refractivity (Wildman–Crippen MR) is 95.3 cm³/mol. The Morgan fingerprint density at radius 1 is 1.04 bits per heavy atom. The van der Waals surface area contributed by atoms with Gasteiger partial charge in [0, 0.05) is 11.6 Å². The Bertz CT molecular complexity index is 762. The van der Waals surface area contributed by atoms with E-state index in [1.54, 1.807) is 50.6 Å². The second-order valence-electron chi connectivity index (χ2n) is 4.63. The number of nitrogens with one attached hydrogen (secondary N) is 1. The van der Waals surface area contributed by atoms with Crippen LogP contribution in [0.3, 0.4) is 0 Å². The number of hydrogen-bond acceptors (Lipinski definition) is 5. The number of hydrazone groups is 1. The first kappa shape index (κ1) is 17.8. The standard InChI is InChI=1S/C17H17BrN2O4/c1-22-14-7-5-4-6-12(14)17(21)20-19-10-11-8-13(18)16(24-3)9-15(11)23-2/h4-10H,1-3H3,(H,20,21). The molecule has 0 saturated carbocycles. The van der Waals surface area contributed by atoms with Crippen LogP contribution >= 0.6 is 15.9 Å². The first-order chi connectivity index (χ1) is 11.6. The summed E-state index contributed by atoms with van der Waals surface area (Å²) in [6, 6.07) is 10.4. The van der Waals surface area contributed by atoms with E-state index in [1.807, 2.05) is 0 Å². The molecule has 7 heteroatoms. The first-order valence-corrected chi connectivity index (χ1v) is 7.78. The molecule has 0 atom stereocenters. The lowest BCUT2D eigenvalue weighted by Gasteiger charge is -2.09. The van der Waals surface area contributed by atoms with Gasteiger partial charge in [0.05, 0.1) is 37.6 Å². The van der Waals surface area contributed by atoms with Gasteiger partial charge in [0.1, 0.15) is 17.2 Å². The van der Waals surface area contributed by atoms with Crippen LogP contribution in [-0.2, 0) is 0 Å². The van der Waals surface area contributed by atoms with E-state index in [0.717, 1.165) is 4.47 Å². The second-order valence-corrected chi connectivity index (χ2v) is 5.48. The third kappa shape index (κ3) is 4.05. The Kier molecular flexibility index (Phi) is 6.20. The van der Waals surface area contributed by atoms with Crippen molar-refractivity contribution in [3.8, 4) is 17.2 Å². The topological polar surface area (TPSA) is 69.2 Å². The second kappa shape index (κ2) is 8.35. The average molecular weight is 393 g/mol. The molecule has 0 aliphatic rings. The van der Waals surface area contributed by atoms with E-state index in [1.165, 1.54) is 13.3 Å². The first-order valence-electron chi connectivity index (χ1n) is 6.98. The number of para-hydroxylation sites is 1. The van der Waals surface area contributed by atoms with Crippen molar-refractivity contribution in [1.82, 2.24) is 5.43 Å². The van der Waals surface area contributed by atoms with Crippen LogP contribution < -0.4 is 19.6 Å². The van der Waals surface area contributed by atoms with Gasteiger partial charge in [-0.2, -0.15) is 5.10 Å². The number of carbonyl (C=O) groups is 1. The van der Waals surface area contributed by atoms with E-state index in [2.05, 4.69) is 26.5 Å². The molecule has 0 saturated heterocycles. The highest BCUT2D eigenvalue weighted by Gasteiger charge is 2.11. The van der Waals surface area contributed by atoms with Gasteiger partial charge in [-0.05, 0) is 34.1 Å². The van der Waals surface area contributed by atoms with Crippen molar-refractivity contribution < 1.29 is 19.0 Å². The maximum atomic E-state index is 12.2. The van der Waals surface area contributed by atoms with Gasteiger partial charge in [-0.3, -0.25) is 4.79 Å². The molecule has 24 heavy (non-hydrogen) atoms. The van der Waals surface area contributed by atoms with Gasteiger partial charge < -0.3 is 14.2 Å². The zero-order valence-electron chi connectivity index (χ0n) is 13.5. The van der Waals surface area contributed by atoms with E-state index in [0.29, 0.717) is 28.4 Å². The normalized spacial score (nSPS) is 10.5. The third-order valence-corrected chi connectivity index (χ3v) is 3.85. The predicted octanol–water partition coefficient (Wildman–Crippen LogP) is 3.24. The summed E-state index contributed by atoms with van der Waals surface area (Å²) in [5.74, 6) is 1.33. The summed E-state index contributed by atoms with van der Waals surface area (Å²) < 4.78 is 16.4. The summed E-state index contributed by atoms with van der Waals surface area (Å²) in [6.45, 7) is 0. The highest BCUT2D eigenvalue weighted by atomic mass is 79.9. The molecule has 0 heterocycles. The summed E-state index contributed by atoms with van der Waals surface area (Å²) in [5.41, 5.74) is 3.56. The van der Waals surface area contributed by atoms with E-state index in [4.69, 9.17) is 14.2 Å². The maximum Gasteiger partial charge on any atom is 0.275 e. The van der Waals surface area contributed by atoms with Crippen LogP contribution in [-0.4, -0.2) is 33.5 Å². The Morgan fingerprint density at radius 3 is 2.38 bits per heavy atom. The van der Waals surface area contributed by atoms with Crippen LogP contribution in [0.5, 0.6) is 17.2 Å². The van der Waals surface area contributed by atoms with Crippen LogP contribution in [0, 0.1) is 0 Å². The molecule has 6 nitrogen and oxygen atoms in total. The van der Waals surface area contributed by atoms with Gasteiger partial charge in [-0.15, -0.1) is 0 Å². The molecule has 0 fully saturated rings. The molecule has 1 amide bonds. The number of methoxy groups -OCH3 is 3. The molecule has 0 aromatic heterocycles. The average Bonchev–Trinajstić information content (AvgIpc) is 2.61. The third-order valence-electron chi connectivity index (χ3n) is 3.23. The molecule has 0 aliphatic heterocycles. The number of hydrogen-bond donors (Lipinski definition) is 1. The molecule has 0 radical (unpaired) electrons. The molecule has 0 spiro atoms. The van der Waals surface area contributed by atoms with Gasteiger partial charge in [0.25, 0.3) is 5.91 Å². The van der Waals surface area contributed by atoms with E-state index < -0.39 is 0 Å². The number of ether oxygens (including phenoxy) is 3. The number of halogens is 1. The SMILES string of the molecule is COc1cc(OC)c(C=NNC(=O)c2ccccc2OC)cc1Br. The lowest BCUT2D eigenvalue weighted by Crippen LogP contribution is -2.18. The molecule has 0 unspecified atom stereocenters. The largest absolute Gasteiger partial charge is 0.496 e. The monoisotopic (exact) mass is 392 g/mol. The minimum Gasteiger partial charge on any atom is -0.496 e. The van der Waals surface area contributed by atoms with Gasteiger partial charge in [0.2, 0.25) is 0 Å². The Labute approximate surface area is 148 Å². The minimum atomic E-state index is -0.366. The molecule has 0 bridgehead atoms. The lowest BCUT2D eigenvalue weighted by atomic mass is 10.2. The highest BCUT2D eigenvalue weighted by molar-refractivity contribution is 9.10. The Hall–Kier alpha value is -2.54. The Balaban J connectivity index is 2.17. The summed E-state index contributed by atoms with van der Waals surface area (Å²) in [6.07, 6.45) is 1.50. The van der Waals surface area contributed by atoms with Crippen LogP contribution in [0.15, 0.2) is 46.0 Å². The molecule has 1 N–H and O–H groups in total. The highest BCUT2D eigenvalue weighted by Crippen LogP contribution is 2.31. The van der Waals surface area contributed by atoms with E-state index >= 15 is 0 Å². The Morgan fingerprint density at radius 2 is 1.71 bits per heavy atom. The summed E-state index contributed by atoms with van der Waals surface area (Å²) in [5, 5.41) is 3.98. The summed E-state index contributed by atoms with van der Waals surface area (Å²) in [4.78, 5) is 12.2. The molecule has 2 aromatic carbocycles. The molecule has 2 aromatic rings. The number of benzene rings is 2.